The van der Waals surface area contributed by atoms with Crippen LogP contribution in [0, 0.1) is 5.41 Å². The van der Waals surface area contributed by atoms with Crippen molar-refractivity contribution >= 4 is 11.7 Å². The molecule has 0 aliphatic rings. The van der Waals surface area contributed by atoms with Crippen molar-refractivity contribution in [1.82, 2.24) is 4.98 Å². The molecule has 1 aromatic rings. The Labute approximate surface area is 107 Å². The van der Waals surface area contributed by atoms with Gasteiger partial charge in [-0.3, -0.25) is 4.98 Å². The van der Waals surface area contributed by atoms with Crippen LogP contribution in [0.4, 0.5) is 5.69 Å². The second-order valence-electron chi connectivity index (χ2n) is 5.53. The number of aliphatic hydroxyl groups excluding tert-OH is 1. The van der Waals surface area contributed by atoms with E-state index in [1.165, 1.54) is 12.4 Å². The molecule has 5 nitrogen and oxygen atoms in total. The van der Waals surface area contributed by atoms with Crippen molar-refractivity contribution in [2.24, 2.45) is 5.41 Å². The van der Waals surface area contributed by atoms with Gasteiger partial charge in [0.25, 0.3) is 0 Å². The van der Waals surface area contributed by atoms with Crippen LogP contribution in [0.2, 0.25) is 0 Å². The molecule has 5 heteroatoms. The SMILES string of the molecule is CC(C)(C)CC(O)CNc1ccncc1C(=O)O. The lowest BCUT2D eigenvalue weighted by atomic mass is 9.89. The van der Waals surface area contributed by atoms with Crippen LogP contribution in [0.15, 0.2) is 18.5 Å². The number of aromatic nitrogens is 1. The lowest BCUT2D eigenvalue weighted by molar-refractivity contribution is 0.0697. The van der Waals surface area contributed by atoms with Gasteiger partial charge in [0, 0.05) is 18.9 Å². The van der Waals surface area contributed by atoms with Gasteiger partial charge in [0.1, 0.15) is 5.56 Å². The molecule has 0 fully saturated rings. The molecular weight excluding hydrogens is 232 g/mol. The smallest absolute Gasteiger partial charge is 0.339 e. The number of pyridine rings is 1. The van der Waals surface area contributed by atoms with Crippen molar-refractivity contribution in [1.29, 1.82) is 0 Å². The fourth-order valence-electron chi connectivity index (χ4n) is 1.73. The van der Waals surface area contributed by atoms with Gasteiger partial charge in [0.2, 0.25) is 0 Å². The molecule has 100 valence electrons. The Morgan fingerprint density at radius 3 is 2.72 bits per heavy atom. The molecule has 0 radical (unpaired) electrons. The van der Waals surface area contributed by atoms with E-state index in [1.807, 2.05) is 20.8 Å². The maximum Gasteiger partial charge on any atom is 0.339 e. The molecule has 1 rings (SSSR count). The van der Waals surface area contributed by atoms with Crippen molar-refractivity contribution in [3.63, 3.8) is 0 Å². The number of carboxylic acid groups (broad SMARTS) is 1. The summed E-state index contributed by atoms with van der Waals surface area (Å²) >= 11 is 0. The number of anilines is 1. The zero-order valence-corrected chi connectivity index (χ0v) is 11.0. The van der Waals surface area contributed by atoms with Crippen LogP contribution in [0.3, 0.4) is 0 Å². The minimum absolute atomic E-state index is 0.0367. The number of carboxylic acids is 1. The second-order valence-corrected chi connectivity index (χ2v) is 5.53. The number of nitrogens with one attached hydrogen (secondary N) is 1. The molecular formula is C13H20N2O3. The standard InChI is InChI=1S/C13H20N2O3/c1-13(2,3)6-9(16)7-15-11-4-5-14-8-10(11)12(17)18/h4-5,8-9,16H,6-7H2,1-3H3,(H,14,15)(H,17,18). The highest BCUT2D eigenvalue weighted by atomic mass is 16.4. The van der Waals surface area contributed by atoms with Gasteiger partial charge in [-0.15, -0.1) is 0 Å². The molecule has 0 aliphatic heterocycles. The Morgan fingerprint density at radius 1 is 1.50 bits per heavy atom. The maximum absolute atomic E-state index is 11.0. The fraction of sp³-hybridized carbons (Fsp3) is 0.538. The van der Waals surface area contributed by atoms with Crippen LogP contribution in [-0.2, 0) is 0 Å². The summed E-state index contributed by atoms with van der Waals surface area (Å²) in [4.78, 5) is 14.7. The first-order valence-electron chi connectivity index (χ1n) is 5.89. The third kappa shape index (κ3) is 4.71. The first kappa shape index (κ1) is 14.4. The summed E-state index contributed by atoms with van der Waals surface area (Å²) in [6.45, 7) is 6.46. The summed E-state index contributed by atoms with van der Waals surface area (Å²) in [5, 5.41) is 21.8. The summed E-state index contributed by atoms with van der Waals surface area (Å²) < 4.78 is 0. The van der Waals surface area contributed by atoms with Gasteiger partial charge in [0.05, 0.1) is 11.8 Å². The fourth-order valence-corrected chi connectivity index (χ4v) is 1.73. The predicted molar refractivity (Wildman–Crippen MR) is 69.8 cm³/mol. The molecule has 0 bridgehead atoms. The van der Waals surface area contributed by atoms with E-state index in [0.29, 0.717) is 18.7 Å². The van der Waals surface area contributed by atoms with Crippen molar-refractivity contribution in [2.45, 2.75) is 33.3 Å². The Kier molecular flexibility index (Phi) is 4.67. The van der Waals surface area contributed by atoms with Crippen LogP contribution in [0.1, 0.15) is 37.6 Å². The van der Waals surface area contributed by atoms with Gasteiger partial charge >= 0.3 is 5.97 Å². The summed E-state index contributed by atoms with van der Waals surface area (Å²) in [7, 11) is 0. The monoisotopic (exact) mass is 252 g/mol. The Hall–Kier alpha value is -1.62. The number of aliphatic hydroxyl groups is 1. The van der Waals surface area contributed by atoms with E-state index in [0.717, 1.165) is 0 Å². The number of carbonyl (C=O) groups is 1. The van der Waals surface area contributed by atoms with E-state index in [-0.39, 0.29) is 11.0 Å². The summed E-state index contributed by atoms with van der Waals surface area (Å²) in [5.74, 6) is -1.03. The average Bonchev–Trinajstić information content (AvgIpc) is 2.24. The summed E-state index contributed by atoms with van der Waals surface area (Å²) in [6.07, 6.45) is 2.94. The van der Waals surface area contributed by atoms with E-state index in [1.54, 1.807) is 6.07 Å². The molecule has 0 amide bonds. The van der Waals surface area contributed by atoms with Crippen molar-refractivity contribution in [3.05, 3.63) is 24.0 Å². The third-order valence-corrected chi connectivity index (χ3v) is 2.43. The van der Waals surface area contributed by atoms with Gasteiger partial charge in [-0.1, -0.05) is 20.8 Å². The zero-order valence-electron chi connectivity index (χ0n) is 11.0. The topological polar surface area (TPSA) is 82.5 Å². The quantitative estimate of drug-likeness (QED) is 0.746. The normalized spacial score (nSPS) is 13.1. The highest BCUT2D eigenvalue weighted by molar-refractivity contribution is 5.93. The van der Waals surface area contributed by atoms with Gasteiger partial charge < -0.3 is 15.5 Å². The molecule has 0 aromatic carbocycles. The first-order valence-corrected chi connectivity index (χ1v) is 5.89. The Balaban J connectivity index is 2.61. The Morgan fingerprint density at radius 2 is 2.17 bits per heavy atom. The molecule has 0 spiro atoms. The van der Waals surface area contributed by atoms with Gasteiger partial charge in [-0.05, 0) is 17.9 Å². The van der Waals surface area contributed by atoms with E-state index in [9.17, 15) is 9.90 Å². The van der Waals surface area contributed by atoms with Crippen LogP contribution < -0.4 is 5.32 Å². The molecule has 1 aromatic heterocycles. The minimum atomic E-state index is -1.03. The molecule has 1 heterocycles. The van der Waals surface area contributed by atoms with E-state index in [2.05, 4.69) is 10.3 Å². The molecule has 1 unspecified atom stereocenters. The van der Waals surface area contributed by atoms with Crippen LogP contribution in [0.25, 0.3) is 0 Å². The minimum Gasteiger partial charge on any atom is -0.478 e. The van der Waals surface area contributed by atoms with Gasteiger partial charge in [-0.25, -0.2) is 4.79 Å². The molecule has 1 atom stereocenters. The first-order chi connectivity index (χ1) is 8.29. The maximum atomic E-state index is 11.0. The lowest BCUT2D eigenvalue weighted by Crippen LogP contribution is -2.25. The van der Waals surface area contributed by atoms with Crippen molar-refractivity contribution < 1.29 is 15.0 Å². The number of hydrogen-bond acceptors (Lipinski definition) is 4. The van der Waals surface area contributed by atoms with E-state index < -0.39 is 12.1 Å². The average molecular weight is 252 g/mol. The summed E-state index contributed by atoms with van der Waals surface area (Å²) in [5.41, 5.74) is 0.625. The second kappa shape index (κ2) is 5.82. The number of hydrogen-bond donors (Lipinski definition) is 3. The van der Waals surface area contributed by atoms with Crippen LogP contribution >= 0.6 is 0 Å². The van der Waals surface area contributed by atoms with Crippen molar-refractivity contribution in [2.75, 3.05) is 11.9 Å². The molecule has 3 N–H and O–H groups in total. The van der Waals surface area contributed by atoms with Crippen LogP contribution in [0.5, 0.6) is 0 Å². The van der Waals surface area contributed by atoms with E-state index >= 15 is 0 Å². The number of nitrogens with zero attached hydrogens (tertiary/aromatic N) is 1. The van der Waals surface area contributed by atoms with Gasteiger partial charge in [-0.2, -0.15) is 0 Å². The number of rotatable bonds is 5. The van der Waals surface area contributed by atoms with Crippen LogP contribution in [-0.4, -0.2) is 33.8 Å². The van der Waals surface area contributed by atoms with Crippen molar-refractivity contribution in [3.8, 4) is 0 Å². The molecule has 0 aliphatic carbocycles. The highest BCUT2D eigenvalue weighted by Gasteiger charge is 2.17. The van der Waals surface area contributed by atoms with Gasteiger partial charge in [0.15, 0.2) is 0 Å². The molecule has 0 saturated heterocycles. The largest absolute Gasteiger partial charge is 0.478 e. The number of aromatic carboxylic acids is 1. The highest BCUT2D eigenvalue weighted by Crippen LogP contribution is 2.21. The summed E-state index contributed by atoms with van der Waals surface area (Å²) in [6, 6.07) is 1.59. The lowest BCUT2D eigenvalue weighted by Gasteiger charge is -2.23. The predicted octanol–water partition coefficient (Wildman–Crippen LogP) is 1.99. The Bertz CT molecular complexity index is 413. The zero-order chi connectivity index (χ0) is 13.8. The third-order valence-electron chi connectivity index (χ3n) is 2.43. The van der Waals surface area contributed by atoms with E-state index in [4.69, 9.17) is 5.11 Å². The molecule has 18 heavy (non-hydrogen) atoms. The molecule has 0 saturated carbocycles.